The van der Waals surface area contributed by atoms with E-state index < -0.39 is 0 Å². The van der Waals surface area contributed by atoms with Crippen molar-refractivity contribution >= 4 is 17.3 Å². The van der Waals surface area contributed by atoms with E-state index in [9.17, 15) is 0 Å². The van der Waals surface area contributed by atoms with Crippen molar-refractivity contribution in [3.05, 3.63) is 66.0 Å². The first kappa shape index (κ1) is 17.5. The highest BCUT2D eigenvalue weighted by Crippen LogP contribution is 2.28. The number of nitrogens with one attached hydrogen (secondary N) is 2. The number of methoxy groups -OCH3 is 2. The van der Waals surface area contributed by atoms with Gasteiger partial charge in [0.05, 0.1) is 19.9 Å². The molecule has 0 saturated carbocycles. The normalized spacial score (nSPS) is 10.3. The van der Waals surface area contributed by atoms with E-state index in [0.29, 0.717) is 12.4 Å². The Morgan fingerprint density at radius 1 is 0.885 bits per heavy atom. The largest absolute Gasteiger partial charge is 0.497 e. The Balaban J connectivity index is 1.69. The van der Waals surface area contributed by atoms with Crippen molar-refractivity contribution in [3.63, 3.8) is 0 Å². The molecule has 6 heteroatoms. The van der Waals surface area contributed by atoms with E-state index in [1.54, 1.807) is 14.2 Å². The molecule has 2 N–H and O–H groups in total. The van der Waals surface area contributed by atoms with E-state index in [-0.39, 0.29) is 0 Å². The number of benzene rings is 2. The molecule has 0 unspecified atom stereocenters. The molecule has 2 aromatic carbocycles. The van der Waals surface area contributed by atoms with Crippen LogP contribution in [-0.2, 0) is 6.54 Å². The zero-order valence-corrected chi connectivity index (χ0v) is 15.1. The predicted molar refractivity (Wildman–Crippen MR) is 103 cm³/mol. The van der Waals surface area contributed by atoms with Crippen LogP contribution >= 0.6 is 0 Å². The quantitative estimate of drug-likeness (QED) is 0.667. The third kappa shape index (κ3) is 4.42. The fourth-order valence-corrected chi connectivity index (χ4v) is 2.52. The molecule has 6 nitrogen and oxygen atoms in total. The van der Waals surface area contributed by atoms with Gasteiger partial charge in [0.25, 0.3) is 0 Å². The zero-order chi connectivity index (χ0) is 18.4. The number of anilines is 3. The number of aromatic nitrogens is 2. The van der Waals surface area contributed by atoms with Gasteiger partial charge in [-0.3, -0.25) is 0 Å². The van der Waals surface area contributed by atoms with Crippen LogP contribution in [-0.4, -0.2) is 24.2 Å². The molecule has 3 rings (SSSR count). The second-order valence-electron chi connectivity index (χ2n) is 5.82. The first-order valence-electron chi connectivity index (χ1n) is 8.28. The van der Waals surface area contributed by atoms with E-state index in [0.717, 1.165) is 34.1 Å². The zero-order valence-electron chi connectivity index (χ0n) is 15.1. The van der Waals surface area contributed by atoms with E-state index in [2.05, 4.69) is 20.6 Å². The van der Waals surface area contributed by atoms with Gasteiger partial charge in [-0.1, -0.05) is 18.2 Å². The average molecular weight is 350 g/mol. The summed E-state index contributed by atoms with van der Waals surface area (Å²) in [6.45, 7) is 2.70. The fourth-order valence-electron chi connectivity index (χ4n) is 2.52. The molecule has 0 radical (unpaired) electrons. The Labute approximate surface area is 153 Å². The van der Waals surface area contributed by atoms with Gasteiger partial charge in [0, 0.05) is 12.6 Å². The van der Waals surface area contributed by atoms with Crippen LogP contribution < -0.4 is 20.1 Å². The van der Waals surface area contributed by atoms with Crippen LogP contribution in [0, 0.1) is 6.92 Å². The van der Waals surface area contributed by atoms with Crippen LogP contribution in [0.3, 0.4) is 0 Å². The van der Waals surface area contributed by atoms with Gasteiger partial charge in [0.15, 0.2) is 0 Å². The monoisotopic (exact) mass is 350 g/mol. The molecule has 0 saturated heterocycles. The molecule has 1 aromatic heterocycles. The molecule has 0 aliphatic heterocycles. The van der Waals surface area contributed by atoms with E-state index in [1.807, 2.05) is 55.5 Å². The van der Waals surface area contributed by atoms with Crippen LogP contribution in [0.4, 0.5) is 17.3 Å². The molecule has 0 atom stereocenters. The van der Waals surface area contributed by atoms with Gasteiger partial charge in [-0.2, -0.15) is 0 Å². The summed E-state index contributed by atoms with van der Waals surface area (Å²) in [5.41, 5.74) is 3.15. The molecule has 134 valence electrons. The molecular formula is C20H22N4O2. The van der Waals surface area contributed by atoms with Crippen molar-refractivity contribution in [2.24, 2.45) is 0 Å². The minimum atomic E-state index is 0.661. The third-order valence-electron chi connectivity index (χ3n) is 3.92. The van der Waals surface area contributed by atoms with Crippen LogP contribution in [0.5, 0.6) is 11.5 Å². The summed E-state index contributed by atoms with van der Waals surface area (Å²) in [5, 5.41) is 6.59. The second kappa shape index (κ2) is 8.20. The molecule has 0 aliphatic rings. The maximum Gasteiger partial charge on any atom is 0.142 e. The molecular weight excluding hydrogens is 328 g/mol. The Morgan fingerprint density at radius 2 is 1.65 bits per heavy atom. The topological polar surface area (TPSA) is 68.3 Å². The van der Waals surface area contributed by atoms with Gasteiger partial charge >= 0.3 is 0 Å². The standard InChI is InChI=1S/C20H22N4O2/c1-14-4-9-18(26-3)17(10-14)24-20-11-19(22-13-23-20)21-12-15-5-7-16(25-2)8-6-15/h4-11,13H,12H2,1-3H3,(H2,21,22,23,24). The SMILES string of the molecule is COc1ccc(CNc2cc(Nc3cc(C)ccc3OC)ncn2)cc1. The molecule has 3 aromatic rings. The molecule has 0 fully saturated rings. The molecule has 0 aliphatic carbocycles. The third-order valence-corrected chi connectivity index (χ3v) is 3.92. The lowest BCUT2D eigenvalue weighted by molar-refractivity contribution is 0.414. The average Bonchev–Trinajstić information content (AvgIpc) is 2.67. The first-order chi connectivity index (χ1) is 12.7. The number of rotatable bonds is 7. The van der Waals surface area contributed by atoms with Crippen LogP contribution in [0.1, 0.15) is 11.1 Å². The van der Waals surface area contributed by atoms with Gasteiger partial charge in [-0.25, -0.2) is 9.97 Å². The number of hydrogen-bond acceptors (Lipinski definition) is 6. The van der Waals surface area contributed by atoms with Gasteiger partial charge in [-0.05, 0) is 42.3 Å². The second-order valence-corrected chi connectivity index (χ2v) is 5.82. The highest BCUT2D eigenvalue weighted by Gasteiger charge is 2.06. The summed E-state index contributed by atoms with van der Waals surface area (Å²) in [6.07, 6.45) is 1.53. The summed E-state index contributed by atoms with van der Waals surface area (Å²) in [5.74, 6) is 3.04. The highest BCUT2D eigenvalue weighted by molar-refractivity contribution is 5.66. The summed E-state index contributed by atoms with van der Waals surface area (Å²) in [6, 6.07) is 15.7. The van der Waals surface area contributed by atoms with Crippen molar-refractivity contribution in [1.29, 1.82) is 0 Å². The number of aryl methyl sites for hydroxylation is 1. The maximum absolute atomic E-state index is 5.40. The van der Waals surface area contributed by atoms with Crippen molar-refractivity contribution in [2.75, 3.05) is 24.9 Å². The summed E-state index contributed by atoms with van der Waals surface area (Å²) in [4.78, 5) is 8.55. The first-order valence-corrected chi connectivity index (χ1v) is 8.28. The summed E-state index contributed by atoms with van der Waals surface area (Å²) < 4.78 is 10.6. The van der Waals surface area contributed by atoms with E-state index in [4.69, 9.17) is 9.47 Å². The molecule has 1 heterocycles. The van der Waals surface area contributed by atoms with Gasteiger partial charge in [0.2, 0.25) is 0 Å². The molecule has 0 amide bonds. The minimum Gasteiger partial charge on any atom is -0.497 e. The smallest absolute Gasteiger partial charge is 0.142 e. The molecule has 26 heavy (non-hydrogen) atoms. The number of nitrogens with zero attached hydrogens (tertiary/aromatic N) is 2. The highest BCUT2D eigenvalue weighted by atomic mass is 16.5. The summed E-state index contributed by atoms with van der Waals surface area (Å²) >= 11 is 0. The van der Waals surface area contributed by atoms with Gasteiger partial charge < -0.3 is 20.1 Å². The number of hydrogen-bond donors (Lipinski definition) is 2. The van der Waals surface area contributed by atoms with Crippen molar-refractivity contribution in [1.82, 2.24) is 9.97 Å². The Bertz CT molecular complexity index is 866. The van der Waals surface area contributed by atoms with Crippen molar-refractivity contribution in [2.45, 2.75) is 13.5 Å². The van der Waals surface area contributed by atoms with Gasteiger partial charge in [0.1, 0.15) is 29.5 Å². The molecule has 0 spiro atoms. The van der Waals surface area contributed by atoms with Gasteiger partial charge in [-0.15, -0.1) is 0 Å². The van der Waals surface area contributed by atoms with E-state index >= 15 is 0 Å². The predicted octanol–water partition coefficient (Wildman–Crippen LogP) is 4.16. The molecule has 0 bridgehead atoms. The van der Waals surface area contributed by atoms with Crippen molar-refractivity contribution in [3.8, 4) is 11.5 Å². The Morgan fingerprint density at radius 3 is 2.38 bits per heavy atom. The van der Waals surface area contributed by atoms with Crippen LogP contribution in [0.25, 0.3) is 0 Å². The lowest BCUT2D eigenvalue weighted by Gasteiger charge is -2.12. The summed E-state index contributed by atoms with van der Waals surface area (Å²) in [7, 11) is 3.31. The van der Waals surface area contributed by atoms with Crippen LogP contribution in [0.15, 0.2) is 54.9 Å². The lowest BCUT2D eigenvalue weighted by atomic mass is 10.2. The fraction of sp³-hybridized carbons (Fsp3) is 0.200. The Hall–Kier alpha value is -3.28. The number of ether oxygens (including phenoxy) is 2. The van der Waals surface area contributed by atoms with E-state index in [1.165, 1.54) is 6.33 Å². The Kier molecular flexibility index (Phi) is 5.53. The lowest BCUT2D eigenvalue weighted by Crippen LogP contribution is -2.03. The maximum atomic E-state index is 5.40. The minimum absolute atomic E-state index is 0.661. The van der Waals surface area contributed by atoms with Crippen molar-refractivity contribution < 1.29 is 9.47 Å². The van der Waals surface area contributed by atoms with Crippen LogP contribution in [0.2, 0.25) is 0 Å².